The summed E-state index contributed by atoms with van der Waals surface area (Å²) in [5.74, 6) is -1.47. The van der Waals surface area contributed by atoms with Crippen molar-refractivity contribution < 1.29 is 29.1 Å². The Hall–Kier alpha value is -3.39. The molecule has 8 nitrogen and oxygen atoms in total. The Morgan fingerprint density at radius 1 is 1.07 bits per heavy atom. The maximum Gasteiger partial charge on any atom is 0.410 e. The first-order valence-electron chi connectivity index (χ1n) is 9.66. The summed E-state index contributed by atoms with van der Waals surface area (Å²) in [6, 6.07) is 15.4. The van der Waals surface area contributed by atoms with Crippen molar-refractivity contribution in [3.63, 3.8) is 0 Å². The fourth-order valence-corrected chi connectivity index (χ4v) is 3.30. The quantitative estimate of drug-likeness (QED) is 0.460. The number of carbonyl (C=O) groups is 3. The molecule has 2 aromatic rings. The second-order valence-corrected chi connectivity index (χ2v) is 6.99. The smallest absolute Gasteiger partial charge is 0.410 e. The molecule has 0 saturated carbocycles. The molecule has 1 heterocycles. The van der Waals surface area contributed by atoms with E-state index in [2.05, 4.69) is 4.74 Å². The summed E-state index contributed by atoms with van der Waals surface area (Å²) in [7, 11) is 1.26. The average Bonchev–Trinajstić information content (AvgIpc) is 2.81. The van der Waals surface area contributed by atoms with Crippen LogP contribution in [0, 0.1) is 5.92 Å². The molecule has 0 bridgehead atoms. The molecule has 1 saturated heterocycles. The van der Waals surface area contributed by atoms with Crippen molar-refractivity contribution in [2.45, 2.75) is 19.4 Å². The Kier molecular flexibility index (Phi) is 7.03. The van der Waals surface area contributed by atoms with Crippen LogP contribution in [-0.2, 0) is 20.9 Å². The fraction of sp³-hybridized carbons (Fsp3) is 0.318. The molecule has 0 unspecified atom stereocenters. The topological polar surface area (TPSA) is 96.4 Å². The van der Waals surface area contributed by atoms with Crippen molar-refractivity contribution >= 4 is 23.7 Å². The van der Waals surface area contributed by atoms with Gasteiger partial charge < -0.3 is 14.4 Å². The third-order valence-electron chi connectivity index (χ3n) is 5.03. The second-order valence-electron chi connectivity index (χ2n) is 6.99. The zero-order valence-electron chi connectivity index (χ0n) is 16.7. The Morgan fingerprint density at radius 2 is 1.77 bits per heavy atom. The summed E-state index contributed by atoms with van der Waals surface area (Å²) in [6.45, 7) is 0.916. The Bertz CT molecular complexity index is 894. The highest BCUT2D eigenvalue weighted by molar-refractivity contribution is 5.95. The zero-order chi connectivity index (χ0) is 21.5. The minimum atomic E-state index is -0.556. The number of nitrogens with zero attached hydrogens (tertiary/aromatic N) is 2. The summed E-state index contributed by atoms with van der Waals surface area (Å²) in [5.41, 5.74) is 1.33. The van der Waals surface area contributed by atoms with E-state index in [9.17, 15) is 19.6 Å². The molecule has 3 rings (SSSR count). The molecule has 1 aliphatic heterocycles. The van der Waals surface area contributed by atoms with Gasteiger partial charge in [0.2, 0.25) is 0 Å². The number of amides is 2. The molecule has 2 aromatic carbocycles. The van der Waals surface area contributed by atoms with Gasteiger partial charge in [0.05, 0.1) is 18.4 Å². The van der Waals surface area contributed by atoms with E-state index in [1.807, 2.05) is 30.3 Å². The van der Waals surface area contributed by atoms with Gasteiger partial charge in [-0.3, -0.25) is 10.0 Å². The van der Waals surface area contributed by atoms with Gasteiger partial charge in [-0.2, -0.15) is 5.06 Å². The van der Waals surface area contributed by atoms with Crippen LogP contribution in [0.25, 0.3) is 0 Å². The zero-order valence-corrected chi connectivity index (χ0v) is 16.7. The number of piperidine rings is 1. The van der Waals surface area contributed by atoms with Crippen molar-refractivity contribution in [1.82, 2.24) is 4.90 Å². The highest BCUT2D eigenvalue weighted by Gasteiger charge is 2.31. The van der Waals surface area contributed by atoms with Gasteiger partial charge in [-0.15, -0.1) is 0 Å². The molecule has 30 heavy (non-hydrogen) atoms. The van der Waals surface area contributed by atoms with Gasteiger partial charge in [-0.05, 0) is 36.6 Å². The second kappa shape index (κ2) is 9.89. The number of esters is 1. The Labute approximate surface area is 174 Å². The molecule has 8 heteroatoms. The number of rotatable bonds is 5. The summed E-state index contributed by atoms with van der Waals surface area (Å²) in [6.07, 6.45) is 0.399. The van der Waals surface area contributed by atoms with Crippen LogP contribution in [0.4, 0.5) is 10.5 Å². The number of hydrogen-bond donors (Lipinski definition) is 1. The molecule has 158 valence electrons. The molecule has 0 atom stereocenters. The third-order valence-corrected chi connectivity index (χ3v) is 5.03. The van der Waals surface area contributed by atoms with E-state index in [4.69, 9.17) is 4.74 Å². The molecular weight excluding hydrogens is 388 g/mol. The monoisotopic (exact) mass is 412 g/mol. The van der Waals surface area contributed by atoms with E-state index in [-0.39, 0.29) is 17.9 Å². The van der Waals surface area contributed by atoms with E-state index in [1.165, 1.54) is 25.3 Å². The average molecular weight is 412 g/mol. The number of anilines is 1. The van der Waals surface area contributed by atoms with Gasteiger partial charge in [0.1, 0.15) is 6.61 Å². The number of benzene rings is 2. The maximum atomic E-state index is 12.7. The van der Waals surface area contributed by atoms with E-state index in [1.54, 1.807) is 11.0 Å². The van der Waals surface area contributed by atoms with Crippen LogP contribution in [-0.4, -0.2) is 48.3 Å². The summed E-state index contributed by atoms with van der Waals surface area (Å²) in [5, 5.41) is 10.9. The molecule has 1 N–H and O–H groups in total. The predicted molar refractivity (Wildman–Crippen MR) is 108 cm³/mol. The van der Waals surface area contributed by atoms with Gasteiger partial charge in [-0.1, -0.05) is 36.4 Å². The lowest BCUT2D eigenvalue weighted by Crippen LogP contribution is -2.44. The van der Waals surface area contributed by atoms with Crippen molar-refractivity contribution in [1.29, 1.82) is 0 Å². The summed E-state index contributed by atoms with van der Waals surface area (Å²) < 4.78 is 9.98. The lowest BCUT2D eigenvalue weighted by atomic mass is 9.96. The number of hydrogen-bond acceptors (Lipinski definition) is 6. The Balaban J connectivity index is 1.52. The molecule has 0 aromatic heterocycles. The number of hydroxylamine groups is 1. The van der Waals surface area contributed by atoms with Crippen LogP contribution in [0.5, 0.6) is 0 Å². The fourth-order valence-electron chi connectivity index (χ4n) is 3.30. The maximum absolute atomic E-state index is 12.7. The van der Waals surface area contributed by atoms with Gasteiger partial charge >= 0.3 is 12.1 Å². The van der Waals surface area contributed by atoms with Crippen LogP contribution in [0.15, 0.2) is 54.6 Å². The van der Waals surface area contributed by atoms with Gasteiger partial charge in [-0.25, -0.2) is 9.59 Å². The predicted octanol–water partition coefficient (Wildman–Crippen LogP) is 3.24. The highest BCUT2D eigenvalue weighted by Crippen LogP contribution is 2.24. The van der Waals surface area contributed by atoms with Crippen LogP contribution in [0.1, 0.15) is 28.8 Å². The van der Waals surface area contributed by atoms with Crippen LogP contribution in [0.2, 0.25) is 0 Å². The Morgan fingerprint density at radius 3 is 2.43 bits per heavy atom. The van der Waals surface area contributed by atoms with Gasteiger partial charge in [0, 0.05) is 19.0 Å². The van der Waals surface area contributed by atoms with Crippen molar-refractivity contribution in [3.8, 4) is 0 Å². The van der Waals surface area contributed by atoms with E-state index in [0.29, 0.717) is 31.0 Å². The normalized spacial score (nSPS) is 14.1. The van der Waals surface area contributed by atoms with Crippen molar-refractivity contribution in [2.75, 3.05) is 25.3 Å². The molecule has 2 amide bonds. The first-order valence-corrected chi connectivity index (χ1v) is 9.66. The van der Waals surface area contributed by atoms with Crippen LogP contribution < -0.4 is 5.06 Å². The van der Waals surface area contributed by atoms with Crippen LogP contribution >= 0.6 is 0 Å². The van der Waals surface area contributed by atoms with Gasteiger partial charge in [0.15, 0.2) is 0 Å². The molecule has 0 aliphatic carbocycles. The lowest BCUT2D eigenvalue weighted by Gasteiger charge is -2.32. The molecular formula is C22H24N2O6. The standard InChI is InChI=1S/C22H24N2O6/c1-29-21(26)18-8-5-9-19(14-18)24(28)20(25)17-10-12-23(13-11-17)22(27)30-15-16-6-3-2-4-7-16/h2-9,14,17,28H,10-13,15H2,1H3. The van der Waals surface area contributed by atoms with E-state index in [0.717, 1.165) is 5.56 Å². The first-order chi connectivity index (χ1) is 14.5. The largest absolute Gasteiger partial charge is 0.465 e. The molecule has 1 aliphatic rings. The number of ether oxygens (including phenoxy) is 2. The summed E-state index contributed by atoms with van der Waals surface area (Å²) >= 11 is 0. The molecule has 1 fully saturated rings. The number of carbonyl (C=O) groups excluding carboxylic acids is 3. The first kappa shape index (κ1) is 21.3. The van der Waals surface area contributed by atoms with E-state index >= 15 is 0 Å². The summed E-state index contributed by atoms with van der Waals surface area (Å²) in [4.78, 5) is 38.1. The van der Waals surface area contributed by atoms with Crippen molar-refractivity contribution in [2.24, 2.45) is 5.92 Å². The lowest BCUT2D eigenvalue weighted by molar-refractivity contribution is -0.129. The van der Waals surface area contributed by atoms with Crippen LogP contribution in [0.3, 0.4) is 0 Å². The number of likely N-dealkylation sites (tertiary alicyclic amines) is 1. The van der Waals surface area contributed by atoms with Gasteiger partial charge in [0.25, 0.3) is 5.91 Å². The third kappa shape index (κ3) is 5.15. The number of methoxy groups -OCH3 is 1. The highest BCUT2D eigenvalue weighted by atomic mass is 16.6. The molecule has 0 spiro atoms. The minimum Gasteiger partial charge on any atom is -0.465 e. The van der Waals surface area contributed by atoms with E-state index < -0.39 is 23.9 Å². The molecule has 0 radical (unpaired) electrons. The minimum absolute atomic E-state index is 0.188. The van der Waals surface area contributed by atoms with Crippen molar-refractivity contribution in [3.05, 3.63) is 65.7 Å². The SMILES string of the molecule is COC(=O)c1cccc(N(O)C(=O)C2CCN(C(=O)OCc3ccccc3)CC2)c1.